The van der Waals surface area contributed by atoms with Gasteiger partial charge in [-0.3, -0.25) is 20.0 Å². The number of hydrogen-bond acceptors (Lipinski definition) is 4. The molecule has 3 rings (SSSR count). The van der Waals surface area contributed by atoms with Gasteiger partial charge in [-0.1, -0.05) is 6.42 Å². The first-order chi connectivity index (χ1) is 9.24. The topological polar surface area (TPSA) is 75.1 Å². The molecule has 0 spiro atoms. The molecular weight excluding hydrogens is 244 g/mol. The summed E-state index contributed by atoms with van der Waals surface area (Å²) in [5.74, 6) is 0. The number of hydrogen-bond donors (Lipinski definition) is 1. The summed E-state index contributed by atoms with van der Waals surface area (Å²) in [4.78, 5) is 20.0. The normalized spacial score (nSPS) is 16.8. The highest BCUT2D eigenvalue weighted by molar-refractivity contribution is 5.87. The van der Waals surface area contributed by atoms with Gasteiger partial charge in [0.2, 0.25) is 0 Å². The number of rotatable bonds is 3. The lowest BCUT2D eigenvalue weighted by molar-refractivity contribution is -0.383. The van der Waals surface area contributed by atoms with Crippen LogP contribution < -0.4 is 0 Å². The van der Waals surface area contributed by atoms with E-state index in [1.54, 1.807) is 6.20 Å². The molecular formula is C13H16N4O2. The number of pyridine rings is 1. The van der Waals surface area contributed by atoms with E-state index in [2.05, 4.69) is 14.9 Å². The number of aromatic amines is 1. The second-order valence-corrected chi connectivity index (χ2v) is 5.01. The van der Waals surface area contributed by atoms with Crippen LogP contribution in [0.15, 0.2) is 18.5 Å². The lowest BCUT2D eigenvalue weighted by Crippen LogP contribution is -2.29. The summed E-state index contributed by atoms with van der Waals surface area (Å²) in [6.45, 7) is 3.04. The second kappa shape index (κ2) is 4.97. The molecule has 0 radical (unpaired) electrons. The molecule has 2 aromatic rings. The largest absolute Gasteiger partial charge is 0.352 e. The molecule has 2 aromatic heterocycles. The summed E-state index contributed by atoms with van der Waals surface area (Å²) in [5.41, 5.74) is 1.64. The van der Waals surface area contributed by atoms with Crippen molar-refractivity contribution in [3.63, 3.8) is 0 Å². The van der Waals surface area contributed by atoms with E-state index >= 15 is 0 Å². The van der Waals surface area contributed by atoms with Gasteiger partial charge in [0.25, 0.3) is 0 Å². The number of nitrogens with zero attached hydrogens (tertiary/aromatic N) is 3. The summed E-state index contributed by atoms with van der Waals surface area (Å²) < 4.78 is 0. The van der Waals surface area contributed by atoms with E-state index in [0.717, 1.165) is 30.7 Å². The number of fused-ring (bicyclic) bond motifs is 1. The SMILES string of the molecule is O=[N+]([O-])c1cncc2cc(CN3CCCCC3)[nH]c12. The maximum Gasteiger partial charge on any atom is 0.311 e. The number of H-pyrrole nitrogens is 1. The van der Waals surface area contributed by atoms with Gasteiger partial charge in [-0.05, 0) is 32.0 Å². The maximum absolute atomic E-state index is 10.9. The summed E-state index contributed by atoms with van der Waals surface area (Å²) in [7, 11) is 0. The average molecular weight is 260 g/mol. The van der Waals surface area contributed by atoms with Gasteiger partial charge in [0.05, 0.1) is 4.92 Å². The van der Waals surface area contributed by atoms with Crippen LogP contribution in [0.5, 0.6) is 0 Å². The number of piperidine rings is 1. The smallest absolute Gasteiger partial charge is 0.311 e. The van der Waals surface area contributed by atoms with Crippen LogP contribution in [0.25, 0.3) is 10.9 Å². The van der Waals surface area contributed by atoms with Crippen LogP contribution in [0, 0.1) is 10.1 Å². The van der Waals surface area contributed by atoms with Crippen molar-refractivity contribution >= 4 is 16.6 Å². The Morgan fingerprint density at radius 1 is 1.32 bits per heavy atom. The zero-order chi connectivity index (χ0) is 13.2. The molecule has 1 aliphatic heterocycles. The Hall–Kier alpha value is -1.95. The van der Waals surface area contributed by atoms with Gasteiger partial charge in [-0.25, -0.2) is 0 Å². The van der Waals surface area contributed by atoms with E-state index in [1.807, 2.05) is 6.07 Å². The minimum atomic E-state index is -0.392. The molecule has 1 aliphatic rings. The third kappa shape index (κ3) is 2.44. The van der Waals surface area contributed by atoms with Crippen molar-refractivity contribution in [1.82, 2.24) is 14.9 Å². The third-order valence-corrected chi connectivity index (χ3v) is 3.61. The van der Waals surface area contributed by atoms with E-state index in [4.69, 9.17) is 0 Å². The Kier molecular flexibility index (Phi) is 3.16. The molecule has 0 aromatic carbocycles. The van der Waals surface area contributed by atoms with Crippen LogP contribution in [0.2, 0.25) is 0 Å². The summed E-state index contributed by atoms with van der Waals surface area (Å²) in [5, 5.41) is 11.8. The molecule has 6 heteroatoms. The van der Waals surface area contributed by atoms with Crippen LogP contribution in [0.1, 0.15) is 25.0 Å². The Morgan fingerprint density at radius 2 is 2.11 bits per heavy atom. The Balaban J connectivity index is 1.88. The molecule has 0 amide bonds. The summed E-state index contributed by atoms with van der Waals surface area (Å²) in [6.07, 6.45) is 6.74. The third-order valence-electron chi connectivity index (χ3n) is 3.61. The number of nitro groups is 1. The van der Waals surface area contributed by atoms with Crippen molar-refractivity contribution < 1.29 is 4.92 Å². The van der Waals surface area contributed by atoms with Crippen molar-refractivity contribution in [2.75, 3.05) is 13.1 Å². The predicted octanol–water partition coefficient (Wildman–Crippen LogP) is 2.46. The van der Waals surface area contributed by atoms with Crippen molar-refractivity contribution in [2.24, 2.45) is 0 Å². The maximum atomic E-state index is 10.9. The monoisotopic (exact) mass is 260 g/mol. The molecule has 0 bridgehead atoms. The van der Waals surface area contributed by atoms with Crippen molar-refractivity contribution in [2.45, 2.75) is 25.8 Å². The summed E-state index contributed by atoms with van der Waals surface area (Å²) >= 11 is 0. The first-order valence-electron chi connectivity index (χ1n) is 6.56. The van der Waals surface area contributed by atoms with Crippen molar-refractivity contribution in [3.8, 4) is 0 Å². The Bertz CT molecular complexity index is 602. The van der Waals surface area contributed by atoms with E-state index < -0.39 is 4.92 Å². The van der Waals surface area contributed by atoms with Gasteiger partial charge in [-0.15, -0.1) is 0 Å². The molecule has 0 aliphatic carbocycles. The fourth-order valence-electron chi connectivity index (χ4n) is 2.68. The number of nitrogens with one attached hydrogen (secondary N) is 1. The first-order valence-corrected chi connectivity index (χ1v) is 6.56. The molecule has 1 N–H and O–H groups in total. The van der Waals surface area contributed by atoms with Crippen LogP contribution in [0.3, 0.4) is 0 Å². The quantitative estimate of drug-likeness (QED) is 0.679. The highest BCUT2D eigenvalue weighted by Gasteiger charge is 2.16. The molecule has 100 valence electrons. The lowest BCUT2D eigenvalue weighted by atomic mass is 10.1. The van der Waals surface area contributed by atoms with E-state index in [-0.39, 0.29) is 5.69 Å². The zero-order valence-electron chi connectivity index (χ0n) is 10.6. The average Bonchev–Trinajstić information content (AvgIpc) is 2.81. The molecule has 0 unspecified atom stereocenters. The Labute approximate surface area is 110 Å². The van der Waals surface area contributed by atoms with Crippen LogP contribution in [-0.4, -0.2) is 32.9 Å². The van der Waals surface area contributed by atoms with Gasteiger partial charge < -0.3 is 4.98 Å². The van der Waals surface area contributed by atoms with E-state index in [0.29, 0.717) is 5.52 Å². The van der Waals surface area contributed by atoms with Gasteiger partial charge >= 0.3 is 5.69 Å². The van der Waals surface area contributed by atoms with Gasteiger partial charge in [0.1, 0.15) is 11.7 Å². The fraction of sp³-hybridized carbons (Fsp3) is 0.462. The number of likely N-dealkylation sites (tertiary alicyclic amines) is 1. The van der Waals surface area contributed by atoms with Crippen molar-refractivity contribution in [3.05, 3.63) is 34.3 Å². The standard InChI is InChI=1S/C13H16N4O2/c18-17(19)12-8-14-7-10-6-11(15-13(10)12)9-16-4-2-1-3-5-16/h6-8,15H,1-5,9H2. The van der Waals surface area contributed by atoms with E-state index in [1.165, 1.54) is 25.5 Å². The minimum absolute atomic E-state index is 0.0439. The fourth-order valence-corrected chi connectivity index (χ4v) is 2.68. The molecule has 0 saturated carbocycles. The number of aromatic nitrogens is 2. The molecule has 6 nitrogen and oxygen atoms in total. The van der Waals surface area contributed by atoms with Crippen LogP contribution in [0.4, 0.5) is 5.69 Å². The highest BCUT2D eigenvalue weighted by atomic mass is 16.6. The van der Waals surface area contributed by atoms with Crippen LogP contribution in [-0.2, 0) is 6.54 Å². The predicted molar refractivity (Wildman–Crippen MR) is 71.9 cm³/mol. The molecule has 3 heterocycles. The highest BCUT2D eigenvalue weighted by Crippen LogP contribution is 2.25. The molecule has 1 saturated heterocycles. The molecule has 0 atom stereocenters. The first kappa shape index (κ1) is 12.1. The summed E-state index contributed by atoms with van der Waals surface area (Å²) in [6, 6.07) is 1.96. The van der Waals surface area contributed by atoms with Gasteiger partial charge in [-0.2, -0.15) is 0 Å². The Morgan fingerprint density at radius 3 is 2.84 bits per heavy atom. The zero-order valence-corrected chi connectivity index (χ0v) is 10.6. The second-order valence-electron chi connectivity index (χ2n) is 5.01. The van der Waals surface area contributed by atoms with Gasteiger partial charge in [0.15, 0.2) is 0 Å². The lowest BCUT2D eigenvalue weighted by Gasteiger charge is -2.25. The van der Waals surface area contributed by atoms with Gasteiger partial charge in [0, 0.05) is 23.8 Å². The minimum Gasteiger partial charge on any atom is -0.352 e. The van der Waals surface area contributed by atoms with E-state index in [9.17, 15) is 10.1 Å². The molecule has 19 heavy (non-hydrogen) atoms. The van der Waals surface area contributed by atoms with Crippen LogP contribution >= 0.6 is 0 Å². The van der Waals surface area contributed by atoms with Crippen molar-refractivity contribution in [1.29, 1.82) is 0 Å². The molecule has 1 fully saturated rings.